The maximum atomic E-state index is 12.2. The molecule has 3 nitrogen and oxygen atoms in total. The van der Waals surface area contributed by atoms with Crippen molar-refractivity contribution in [1.29, 1.82) is 0 Å². The first kappa shape index (κ1) is 12.4. The average Bonchev–Trinajstić information content (AvgIpc) is 3.06. The fraction of sp³-hybridized carbons (Fsp3) is 0.786. The zero-order valence-electron chi connectivity index (χ0n) is 10.5. The van der Waals surface area contributed by atoms with Crippen molar-refractivity contribution in [2.45, 2.75) is 38.5 Å². The Balaban J connectivity index is 1.88. The fourth-order valence-electron chi connectivity index (χ4n) is 2.54. The summed E-state index contributed by atoms with van der Waals surface area (Å²) in [4.78, 5) is 14.1. The van der Waals surface area contributed by atoms with Crippen LogP contribution in [0, 0.1) is 23.7 Å². The fourth-order valence-corrected chi connectivity index (χ4v) is 2.54. The molecule has 3 heteroatoms. The SMILES string of the molecule is C#CCN(CC1CC1)C(=O)CC1(CN)CCC1. The van der Waals surface area contributed by atoms with Crippen molar-refractivity contribution in [3.63, 3.8) is 0 Å². The van der Waals surface area contributed by atoms with E-state index < -0.39 is 0 Å². The summed E-state index contributed by atoms with van der Waals surface area (Å²) in [5.41, 5.74) is 5.88. The van der Waals surface area contributed by atoms with Crippen molar-refractivity contribution in [3.8, 4) is 12.3 Å². The predicted molar refractivity (Wildman–Crippen MR) is 68.1 cm³/mol. The van der Waals surface area contributed by atoms with Gasteiger partial charge in [-0.1, -0.05) is 12.3 Å². The number of hydrogen-bond donors (Lipinski definition) is 1. The van der Waals surface area contributed by atoms with Gasteiger partial charge in [-0.3, -0.25) is 4.79 Å². The molecule has 0 aromatic carbocycles. The van der Waals surface area contributed by atoms with E-state index in [-0.39, 0.29) is 11.3 Å². The zero-order valence-corrected chi connectivity index (χ0v) is 10.5. The second-order valence-electron chi connectivity index (χ2n) is 5.66. The summed E-state index contributed by atoms with van der Waals surface area (Å²) in [5.74, 6) is 3.50. The van der Waals surface area contributed by atoms with E-state index in [0.29, 0.717) is 25.4 Å². The van der Waals surface area contributed by atoms with Crippen molar-refractivity contribution < 1.29 is 4.79 Å². The van der Waals surface area contributed by atoms with Gasteiger partial charge in [0.1, 0.15) is 0 Å². The minimum absolute atomic E-state index is 0.0908. The third kappa shape index (κ3) is 3.01. The summed E-state index contributed by atoms with van der Waals surface area (Å²) in [7, 11) is 0. The molecule has 2 N–H and O–H groups in total. The lowest BCUT2D eigenvalue weighted by molar-refractivity contribution is -0.134. The van der Waals surface area contributed by atoms with Crippen LogP contribution >= 0.6 is 0 Å². The molecule has 2 fully saturated rings. The number of nitrogens with zero attached hydrogens (tertiary/aromatic N) is 1. The van der Waals surface area contributed by atoms with E-state index in [9.17, 15) is 4.79 Å². The number of carbonyl (C=O) groups excluding carboxylic acids is 1. The first-order valence-corrected chi connectivity index (χ1v) is 6.60. The van der Waals surface area contributed by atoms with Gasteiger partial charge in [0.25, 0.3) is 0 Å². The highest BCUT2D eigenvalue weighted by molar-refractivity contribution is 5.77. The van der Waals surface area contributed by atoms with E-state index in [0.717, 1.165) is 19.4 Å². The van der Waals surface area contributed by atoms with Crippen molar-refractivity contribution in [2.24, 2.45) is 17.1 Å². The molecule has 0 unspecified atom stereocenters. The topological polar surface area (TPSA) is 46.3 Å². The number of nitrogens with two attached hydrogens (primary N) is 1. The molecular formula is C14H22N2O. The monoisotopic (exact) mass is 234 g/mol. The highest BCUT2D eigenvalue weighted by Gasteiger charge is 2.39. The van der Waals surface area contributed by atoms with Crippen LogP contribution in [0.2, 0.25) is 0 Å². The highest BCUT2D eigenvalue weighted by Crippen LogP contribution is 2.43. The third-order valence-electron chi connectivity index (χ3n) is 4.18. The lowest BCUT2D eigenvalue weighted by atomic mass is 9.66. The summed E-state index contributed by atoms with van der Waals surface area (Å²) >= 11 is 0. The summed E-state index contributed by atoms with van der Waals surface area (Å²) in [5, 5.41) is 0. The summed E-state index contributed by atoms with van der Waals surface area (Å²) in [6.45, 7) is 1.94. The van der Waals surface area contributed by atoms with Gasteiger partial charge in [-0.05, 0) is 43.6 Å². The van der Waals surface area contributed by atoms with E-state index in [4.69, 9.17) is 12.2 Å². The van der Waals surface area contributed by atoms with Crippen LogP contribution in [-0.4, -0.2) is 30.4 Å². The quantitative estimate of drug-likeness (QED) is 0.706. The van der Waals surface area contributed by atoms with Gasteiger partial charge in [-0.15, -0.1) is 6.42 Å². The van der Waals surface area contributed by atoms with Gasteiger partial charge < -0.3 is 10.6 Å². The Morgan fingerprint density at radius 2 is 2.18 bits per heavy atom. The van der Waals surface area contributed by atoms with Crippen LogP contribution in [0.5, 0.6) is 0 Å². The van der Waals surface area contributed by atoms with Crippen LogP contribution in [0.3, 0.4) is 0 Å². The lowest BCUT2D eigenvalue weighted by Crippen LogP contribution is -2.44. The summed E-state index contributed by atoms with van der Waals surface area (Å²) in [6.07, 6.45) is 11.8. The second-order valence-corrected chi connectivity index (χ2v) is 5.66. The van der Waals surface area contributed by atoms with Crippen LogP contribution in [0.15, 0.2) is 0 Å². The Hall–Kier alpha value is -1.01. The number of rotatable bonds is 6. The summed E-state index contributed by atoms with van der Waals surface area (Å²) < 4.78 is 0. The van der Waals surface area contributed by atoms with Crippen LogP contribution < -0.4 is 5.73 Å². The predicted octanol–water partition coefficient (Wildman–Crippen LogP) is 1.38. The van der Waals surface area contributed by atoms with Crippen molar-refractivity contribution in [2.75, 3.05) is 19.6 Å². The molecule has 0 aromatic rings. The highest BCUT2D eigenvalue weighted by atomic mass is 16.2. The molecular weight excluding hydrogens is 212 g/mol. The normalized spacial score (nSPS) is 21.4. The molecule has 94 valence electrons. The molecule has 0 saturated heterocycles. The Morgan fingerprint density at radius 3 is 2.59 bits per heavy atom. The van der Waals surface area contributed by atoms with Crippen LogP contribution in [0.4, 0.5) is 0 Å². The standard InChI is InChI=1S/C14H22N2O/c1-2-8-16(10-12-4-5-12)13(17)9-14(11-15)6-3-7-14/h1,12H,3-11,15H2. The molecule has 0 heterocycles. The molecule has 2 rings (SSSR count). The molecule has 0 aliphatic heterocycles. The molecule has 17 heavy (non-hydrogen) atoms. The van der Waals surface area contributed by atoms with Gasteiger partial charge in [-0.25, -0.2) is 0 Å². The molecule has 0 bridgehead atoms. The van der Waals surface area contributed by atoms with E-state index in [1.54, 1.807) is 0 Å². The Bertz CT molecular complexity index is 318. The first-order chi connectivity index (χ1) is 8.19. The average molecular weight is 234 g/mol. The Morgan fingerprint density at radius 1 is 1.47 bits per heavy atom. The van der Waals surface area contributed by atoms with E-state index in [2.05, 4.69) is 5.92 Å². The number of carbonyl (C=O) groups is 1. The van der Waals surface area contributed by atoms with Crippen molar-refractivity contribution >= 4 is 5.91 Å². The van der Waals surface area contributed by atoms with Gasteiger partial charge in [0.2, 0.25) is 5.91 Å². The summed E-state index contributed by atoms with van der Waals surface area (Å²) in [6, 6.07) is 0. The Kier molecular flexibility index (Phi) is 3.73. The van der Waals surface area contributed by atoms with Crippen LogP contribution in [0.25, 0.3) is 0 Å². The smallest absolute Gasteiger partial charge is 0.223 e. The Labute approximate surface area is 104 Å². The van der Waals surface area contributed by atoms with E-state index in [1.807, 2.05) is 4.90 Å². The zero-order chi connectivity index (χ0) is 12.3. The van der Waals surface area contributed by atoms with Gasteiger partial charge in [-0.2, -0.15) is 0 Å². The van der Waals surface area contributed by atoms with Gasteiger partial charge >= 0.3 is 0 Å². The maximum absolute atomic E-state index is 12.2. The number of amides is 1. The molecule has 1 amide bonds. The molecule has 0 radical (unpaired) electrons. The maximum Gasteiger partial charge on any atom is 0.223 e. The lowest BCUT2D eigenvalue weighted by Gasteiger charge is -2.41. The molecule has 0 spiro atoms. The number of hydrogen-bond acceptors (Lipinski definition) is 2. The van der Waals surface area contributed by atoms with Gasteiger partial charge in [0.15, 0.2) is 0 Å². The largest absolute Gasteiger partial charge is 0.331 e. The van der Waals surface area contributed by atoms with E-state index >= 15 is 0 Å². The van der Waals surface area contributed by atoms with Gasteiger partial charge in [0.05, 0.1) is 6.54 Å². The van der Waals surface area contributed by atoms with Crippen LogP contribution in [-0.2, 0) is 4.79 Å². The molecule has 2 aliphatic carbocycles. The second kappa shape index (κ2) is 5.10. The molecule has 0 aromatic heterocycles. The number of terminal acetylenes is 1. The van der Waals surface area contributed by atoms with Gasteiger partial charge in [0, 0.05) is 13.0 Å². The first-order valence-electron chi connectivity index (χ1n) is 6.60. The van der Waals surface area contributed by atoms with Crippen molar-refractivity contribution in [1.82, 2.24) is 4.90 Å². The third-order valence-corrected chi connectivity index (χ3v) is 4.18. The molecule has 0 atom stereocenters. The molecule has 2 saturated carbocycles. The minimum Gasteiger partial charge on any atom is -0.331 e. The minimum atomic E-state index is 0.0908. The van der Waals surface area contributed by atoms with Crippen molar-refractivity contribution in [3.05, 3.63) is 0 Å². The van der Waals surface area contributed by atoms with E-state index in [1.165, 1.54) is 19.3 Å². The van der Waals surface area contributed by atoms with Crippen LogP contribution in [0.1, 0.15) is 38.5 Å². The molecule has 2 aliphatic rings.